The van der Waals surface area contributed by atoms with Gasteiger partial charge in [0, 0.05) is 5.57 Å². The molecule has 256 valence electrons. The number of aliphatic hydroxyl groups is 3. The summed E-state index contributed by atoms with van der Waals surface area (Å²) >= 11 is 0. The molecule has 0 radical (unpaired) electrons. The Morgan fingerprint density at radius 1 is 0.659 bits per heavy atom. The van der Waals surface area contributed by atoms with Crippen LogP contribution in [0.2, 0.25) is 0 Å². The lowest BCUT2D eigenvalue weighted by molar-refractivity contribution is -0.139. The third-order valence-electron chi connectivity index (χ3n) is 10.1. The summed E-state index contributed by atoms with van der Waals surface area (Å²) in [6.45, 7) is 4.15. The number of rotatable bonds is 25. The van der Waals surface area contributed by atoms with Gasteiger partial charge in [0.1, 0.15) is 6.10 Å². The van der Waals surface area contributed by atoms with Crippen molar-refractivity contribution in [1.29, 1.82) is 0 Å². The van der Waals surface area contributed by atoms with Crippen LogP contribution in [0.15, 0.2) is 11.6 Å². The van der Waals surface area contributed by atoms with E-state index >= 15 is 0 Å². The van der Waals surface area contributed by atoms with Crippen LogP contribution in [-0.4, -0.2) is 70.1 Å². The summed E-state index contributed by atoms with van der Waals surface area (Å²) < 4.78 is 17.4. The zero-order valence-corrected chi connectivity index (χ0v) is 28.1. The van der Waals surface area contributed by atoms with E-state index in [9.17, 15) is 20.1 Å². The van der Waals surface area contributed by atoms with Crippen molar-refractivity contribution in [2.24, 2.45) is 0 Å². The minimum Gasteiger partial charge on any atom is -0.455 e. The highest BCUT2D eigenvalue weighted by Crippen LogP contribution is 2.31. The number of carbonyl (C=O) groups excluding carboxylic acids is 1. The Bertz CT molecular complexity index is 801. The molecule has 0 spiro atoms. The lowest BCUT2D eigenvalue weighted by Gasteiger charge is -2.24. The van der Waals surface area contributed by atoms with E-state index in [1.165, 1.54) is 70.6 Å². The largest absolute Gasteiger partial charge is 0.455 e. The zero-order valence-electron chi connectivity index (χ0n) is 28.1. The number of unbranched alkanes of at least 4 members (excludes halogenated alkanes) is 13. The molecule has 0 unspecified atom stereocenters. The van der Waals surface area contributed by atoms with E-state index in [2.05, 4.69) is 6.92 Å². The van der Waals surface area contributed by atoms with Crippen LogP contribution in [0.5, 0.6) is 0 Å². The van der Waals surface area contributed by atoms with Crippen LogP contribution in [0.3, 0.4) is 0 Å². The Kier molecular flexibility index (Phi) is 18.5. The number of hydrogen-bond acceptors (Lipinski definition) is 7. The lowest BCUT2D eigenvalue weighted by atomic mass is 9.98. The summed E-state index contributed by atoms with van der Waals surface area (Å²) in [5.41, 5.74) is 0.852. The standard InChI is InChI=1S/C37H66O7/c1-3-4-5-6-7-11-14-17-20-31(38)35-25-26-36(44-35)33(40)23-22-32(39)34-24-21-30(43-34)19-16-13-10-8-9-12-15-18-29-27-28(2)42-37(29)41/h27-28,30-36,38-40H,3-26H2,1-2H3/t28-,30-,31-,32-,33+,34+,35+,36+/m0/s1. The minimum absolute atomic E-state index is 0.0617. The number of carbonyl (C=O) groups is 1. The van der Waals surface area contributed by atoms with Crippen LogP contribution in [-0.2, 0) is 19.0 Å². The van der Waals surface area contributed by atoms with E-state index in [1.54, 1.807) is 0 Å². The zero-order chi connectivity index (χ0) is 31.6. The first-order chi connectivity index (χ1) is 21.4. The fourth-order valence-electron chi connectivity index (χ4n) is 7.26. The van der Waals surface area contributed by atoms with Crippen LogP contribution in [0.4, 0.5) is 0 Å². The predicted molar refractivity (Wildman–Crippen MR) is 175 cm³/mol. The molecule has 2 saturated heterocycles. The molecular formula is C37H66O7. The second-order valence-electron chi connectivity index (χ2n) is 14.0. The van der Waals surface area contributed by atoms with Crippen LogP contribution < -0.4 is 0 Å². The number of esters is 1. The monoisotopic (exact) mass is 622 g/mol. The average molecular weight is 623 g/mol. The molecule has 0 aromatic heterocycles. The van der Waals surface area contributed by atoms with Crippen LogP contribution in [0.25, 0.3) is 0 Å². The van der Waals surface area contributed by atoms with Crippen molar-refractivity contribution in [3.8, 4) is 0 Å². The smallest absolute Gasteiger partial charge is 0.334 e. The molecule has 0 aliphatic carbocycles. The molecule has 0 bridgehead atoms. The Morgan fingerprint density at radius 3 is 1.75 bits per heavy atom. The molecule has 7 nitrogen and oxygen atoms in total. The highest BCUT2D eigenvalue weighted by atomic mass is 16.5. The Labute approximate surface area is 268 Å². The van der Waals surface area contributed by atoms with Crippen molar-refractivity contribution in [3.63, 3.8) is 0 Å². The molecule has 3 rings (SSSR count). The van der Waals surface area contributed by atoms with E-state index in [0.717, 1.165) is 76.2 Å². The molecule has 0 aromatic rings. The molecule has 8 atom stereocenters. The van der Waals surface area contributed by atoms with Gasteiger partial charge >= 0.3 is 5.97 Å². The molecule has 3 heterocycles. The topological polar surface area (TPSA) is 105 Å². The highest BCUT2D eigenvalue weighted by molar-refractivity contribution is 5.90. The Morgan fingerprint density at radius 2 is 1.16 bits per heavy atom. The fourth-order valence-corrected chi connectivity index (χ4v) is 7.26. The first kappa shape index (κ1) is 37.5. The van der Waals surface area contributed by atoms with Crippen LogP contribution in [0.1, 0.15) is 168 Å². The molecule has 0 aromatic carbocycles. The van der Waals surface area contributed by atoms with Gasteiger partial charge in [-0.25, -0.2) is 4.79 Å². The Hall–Kier alpha value is -0.990. The second-order valence-corrected chi connectivity index (χ2v) is 14.0. The maximum atomic E-state index is 11.7. The van der Waals surface area contributed by atoms with Crippen LogP contribution in [0, 0.1) is 0 Å². The summed E-state index contributed by atoms with van der Waals surface area (Å²) in [5, 5.41) is 32.1. The summed E-state index contributed by atoms with van der Waals surface area (Å²) in [4.78, 5) is 11.7. The fraction of sp³-hybridized carbons (Fsp3) is 0.919. The molecule has 3 N–H and O–H groups in total. The molecule has 2 fully saturated rings. The molecule has 0 amide bonds. The van der Waals surface area contributed by atoms with E-state index in [1.807, 2.05) is 13.0 Å². The molecule has 3 aliphatic rings. The lowest BCUT2D eigenvalue weighted by Crippen LogP contribution is -2.33. The first-order valence-electron chi connectivity index (χ1n) is 18.6. The molecule has 3 aliphatic heterocycles. The number of hydrogen-bond donors (Lipinski definition) is 3. The number of cyclic esters (lactones) is 1. The van der Waals surface area contributed by atoms with Gasteiger partial charge in [-0.15, -0.1) is 0 Å². The van der Waals surface area contributed by atoms with Crippen molar-refractivity contribution in [3.05, 3.63) is 11.6 Å². The SMILES string of the molecule is CCCCCCCCCC[C@H](O)[C@H]1CC[C@H]([C@H](O)CC[C@H](O)[C@H]2CC[C@H](CCCCCCCCCC3=C[C@H](C)OC3=O)O2)O1. The molecule has 44 heavy (non-hydrogen) atoms. The van der Waals surface area contributed by atoms with E-state index in [-0.39, 0.29) is 36.5 Å². The van der Waals surface area contributed by atoms with Crippen molar-refractivity contribution < 1.29 is 34.3 Å². The quantitative estimate of drug-likeness (QED) is 0.0703. The Balaban J connectivity index is 1.15. The van der Waals surface area contributed by atoms with E-state index < -0.39 is 18.3 Å². The summed E-state index contributed by atoms with van der Waals surface area (Å²) in [6, 6.07) is 0. The van der Waals surface area contributed by atoms with Gasteiger partial charge in [0.2, 0.25) is 0 Å². The van der Waals surface area contributed by atoms with Gasteiger partial charge in [-0.1, -0.05) is 96.8 Å². The summed E-state index contributed by atoms with van der Waals surface area (Å²) in [6.07, 6.45) is 25.4. The van der Waals surface area contributed by atoms with E-state index in [0.29, 0.717) is 12.8 Å². The van der Waals surface area contributed by atoms with Crippen molar-refractivity contribution in [2.45, 2.75) is 217 Å². The van der Waals surface area contributed by atoms with Crippen molar-refractivity contribution >= 4 is 5.97 Å². The van der Waals surface area contributed by atoms with Gasteiger partial charge < -0.3 is 29.5 Å². The summed E-state index contributed by atoms with van der Waals surface area (Å²) in [7, 11) is 0. The molecular weight excluding hydrogens is 556 g/mol. The maximum Gasteiger partial charge on any atom is 0.334 e. The normalized spacial score (nSPS) is 27.4. The van der Waals surface area contributed by atoms with Gasteiger partial charge in [0.15, 0.2) is 0 Å². The third kappa shape index (κ3) is 14.2. The number of ether oxygens (including phenoxy) is 3. The summed E-state index contributed by atoms with van der Waals surface area (Å²) in [5.74, 6) is -0.133. The number of aliphatic hydroxyl groups excluding tert-OH is 3. The van der Waals surface area contributed by atoms with Gasteiger partial charge in [0.05, 0.1) is 42.7 Å². The predicted octanol–water partition coefficient (Wildman–Crippen LogP) is 7.86. The average Bonchev–Trinajstić information content (AvgIpc) is 3.76. The maximum absolute atomic E-state index is 11.7. The first-order valence-corrected chi connectivity index (χ1v) is 18.6. The minimum atomic E-state index is -0.609. The van der Waals surface area contributed by atoms with Gasteiger partial charge in [-0.2, -0.15) is 0 Å². The third-order valence-corrected chi connectivity index (χ3v) is 10.1. The second kappa shape index (κ2) is 21.7. The highest BCUT2D eigenvalue weighted by Gasteiger charge is 2.36. The van der Waals surface area contributed by atoms with Gasteiger partial charge in [-0.3, -0.25) is 0 Å². The molecule has 7 heteroatoms. The van der Waals surface area contributed by atoms with Crippen molar-refractivity contribution in [2.75, 3.05) is 0 Å². The van der Waals surface area contributed by atoms with Crippen molar-refractivity contribution in [1.82, 2.24) is 0 Å². The van der Waals surface area contributed by atoms with Gasteiger partial charge in [-0.05, 0) is 77.2 Å². The molecule has 0 saturated carbocycles. The van der Waals surface area contributed by atoms with Gasteiger partial charge in [0.25, 0.3) is 0 Å². The van der Waals surface area contributed by atoms with E-state index in [4.69, 9.17) is 14.2 Å². The van der Waals surface area contributed by atoms with Crippen LogP contribution >= 0.6 is 0 Å².